The molecule has 0 atom stereocenters. The van der Waals surface area contributed by atoms with Gasteiger partial charge in [-0.2, -0.15) is 0 Å². The quantitative estimate of drug-likeness (QED) is 0.804. The Labute approximate surface area is 121 Å². The van der Waals surface area contributed by atoms with Gasteiger partial charge in [0.2, 0.25) is 0 Å². The molecule has 20 heavy (non-hydrogen) atoms. The van der Waals surface area contributed by atoms with Gasteiger partial charge in [0.25, 0.3) is 0 Å². The average molecular weight is 286 g/mol. The maximum atomic E-state index is 9.41. The lowest BCUT2D eigenvalue weighted by atomic mass is 10.1. The number of nitrogens with zero attached hydrogens (tertiary/aromatic N) is 3. The van der Waals surface area contributed by atoms with Crippen molar-refractivity contribution in [3.05, 3.63) is 65.3 Å². The fourth-order valence-corrected chi connectivity index (χ4v) is 2.22. The number of aliphatic hydroxyl groups excluding tert-OH is 1. The van der Waals surface area contributed by atoms with Gasteiger partial charge in [-0.3, -0.25) is 0 Å². The maximum Gasteiger partial charge on any atom is 0.113 e. The number of aromatic nitrogens is 3. The van der Waals surface area contributed by atoms with Crippen molar-refractivity contribution in [2.75, 3.05) is 0 Å². The van der Waals surface area contributed by atoms with Crippen molar-refractivity contribution in [1.82, 2.24) is 15.0 Å². The van der Waals surface area contributed by atoms with E-state index in [9.17, 15) is 5.11 Å². The molecule has 0 fully saturated rings. The Morgan fingerprint density at radius 1 is 1.10 bits per heavy atom. The molecule has 3 rings (SSSR count). The van der Waals surface area contributed by atoms with Gasteiger partial charge in [-0.15, -0.1) is 5.10 Å². The minimum absolute atomic E-state index is 0.101. The molecule has 3 aromatic rings. The van der Waals surface area contributed by atoms with Crippen LogP contribution in [-0.2, 0) is 6.61 Å². The zero-order valence-electron chi connectivity index (χ0n) is 10.6. The van der Waals surface area contributed by atoms with E-state index >= 15 is 0 Å². The number of aliphatic hydroxyl groups is 1. The summed E-state index contributed by atoms with van der Waals surface area (Å²) in [5, 5.41) is 18.3. The van der Waals surface area contributed by atoms with Gasteiger partial charge in [-0.05, 0) is 18.2 Å². The van der Waals surface area contributed by atoms with Crippen molar-refractivity contribution in [3.63, 3.8) is 0 Å². The molecule has 0 bridgehead atoms. The lowest BCUT2D eigenvalue weighted by Gasteiger charge is -2.06. The normalized spacial score (nSPS) is 10.7. The first-order valence-corrected chi connectivity index (χ1v) is 6.53. The maximum absolute atomic E-state index is 9.41. The first-order valence-electron chi connectivity index (χ1n) is 6.15. The van der Waals surface area contributed by atoms with Gasteiger partial charge >= 0.3 is 0 Å². The molecule has 1 aromatic heterocycles. The average Bonchev–Trinajstić information content (AvgIpc) is 2.97. The van der Waals surface area contributed by atoms with Crippen molar-refractivity contribution in [1.29, 1.82) is 0 Å². The summed E-state index contributed by atoms with van der Waals surface area (Å²) in [4.78, 5) is 0. The fourth-order valence-electron chi connectivity index (χ4n) is 2.03. The molecule has 0 aliphatic heterocycles. The fraction of sp³-hybridized carbons (Fsp3) is 0.0667. The second-order valence-corrected chi connectivity index (χ2v) is 4.78. The van der Waals surface area contributed by atoms with Gasteiger partial charge in [0.05, 0.1) is 18.5 Å². The molecule has 1 heterocycles. The van der Waals surface area contributed by atoms with E-state index in [-0.39, 0.29) is 6.61 Å². The van der Waals surface area contributed by atoms with Crippen LogP contribution in [0.15, 0.2) is 54.7 Å². The van der Waals surface area contributed by atoms with Crippen LogP contribution in [0.5, 0.6) is 0 Å². The van der Waals surface area contributed by atoms with E-state index in [1.54, 1.807) is 16.8 Å². The minimum atomic E-state index is -0.101. The lowest BCUT2D eigenvalue weighted by Crippen LogP contribution is -2.00. The predicted octanol–water partition coefficient (Wildman–Crippen LogP) is 3.08. The van der Waals surface area contributed by atoms with Gasteiger partial charge in [-0.25, -0.2) is 4.68 Å². The summed E-state index contributed by atoms with van der Waals surface area (Å²) in [6.07, 6.45) is 1.83. The van der Waals surface area contributed by atoms with Crippen LogP contribution in [0.2, 0.25) is 5.02 Å². The Hall–Kier alpha value is -2.17. The molecule has 2 aromatic carbocycles. The van der Waals surface area contributed by atoms with Crippen molar-refractivity contribution in [2.45, 2.75) is 6.61 Å². The molecule has 100 valence electrons. The molecular weight excluding hydrogens is 274 g/mol. The molecule has 1 N–H and O–H groups in total. The minimum Gasteiger partial charge on any atom is -0.392 e. The van der Waals surface area contributed by atoms with E-state index in [2.05, 4.69) is 10.3 Å². The zero-order valence-corrected chi connectivity index (χ0v) is 11.3. The number of hydrogen-bond acceptors (Lipinski definition) is 3. The van der Waals surface area contributed by atoms with Crippen molar-refractivity contribution in [2.24, 2.45) is 0 Å². The van der Waals surface area contributed by atoms with Gasteiger partial charge in [-0.1, -0.05) is 47.1 Å². The van der Waals surface area contributed by atoms with Gasteiger partial charge in [0, 0.05) is 16.1 Å². The molecule has 5 heteroatoms. The molecule has 4 nitrogen and oxygen atoms in total. The Bertz CT molecular complexity index is 725. The van der Waals surface area contributed by atoms with Crippen molar-refractivity contribution < 1.29 is 5.11 Å². The number of rotatable bonds is 3. The smallest absolute Gasteiger partial charge is 0.113 e. The molecule has 0 saturated heterocycles. The molecule has 0 spiro atoms. The summed E-state index contributed by atoms with van der Waals surface area (Å²) in [5.74, 6) is 0. The summed E-state index contributed by atoms with van der Waals surface area (Å²) in [7, 11) is 0. The Morgan fingerprint density at radius 3 is 2.65 bits per heavy atom. The van der Waals surface area contributed by atoms with E-state index < -0.39 is 0 Å². The second kappa shape index (κ2) is 5.45. The van der Waals surface area contributed by atoms with Crippen LogP contribution in [0, 0.1) is 0 Å². The van der Waals surface area contributed by atoms with Crippen LogP contribution >= 0.6 is 11.6 Å². The molecule has 0 aliphatic carbocycles. The van der Waals surface area contributed by atoms with Gasteiger partial charge in [0.15, 0.2) is 0 Å². The largest absolute Gasteiger partial charge is 0.392 e. The van der Waals surface area contributed by atoms with Crippen LogP contribution in [0.1, 0.15) is 5.56 Å². The first kappa shape index (κ1) is 12.8. The molecule has 0 radical (unpaired) electrons. The van der Waals surface area contributed by atoms with Gasteiger partial charge < -0.3 is 5.11 Å². The van der Waals surface area contributed by atoms with Crippen LogP contribution in [0.3, 0.4) is 0 Å². The Kier molecular flexibility index (Phi) is 3.50. The third-order valence-corrected chi connectivity index (χ3v) is 3.26. The van der Waals surface area contributed by atoms with E-state index in [0.717, 1.165) is 16.9 Å². The molecule has 0 aliphatic rings. The van der Waals surface area contributed by atoms with E-state index in [1.165, 1.54) is 0 Å². The molecular formula is C15H12ClN3O. The van der Waals surface area contributed by atoms with Crippen molar-refractivity contribution >= 4 is 11.6 Å². The molecule has 0 unspecified atom stereocenters. The van der Waals surface area contributed by atoms with Crippen LogP contribution in [0.4, 0.5) is 0 Å². The predicted molar refractivity (Wildman–Crippen MR) is 77.7 cm³/mol. The lowest BCUT2D eigenvalue weighted by molar-refractivity contribution is 0.281. The van der Waals surface area contributed by atoms with Crippen molar-refractivity contribution in [3.8, 4) is 16.9 Å². The number of hydrogen-bond donors (Lipinski definition) is 1. The third-order valence-electron chi connectivity index (χ3n) is 3.02. The highest BCUT2D eigenvalue weighted by Gasteiger charge is 2.09. The van der Waals surface area contributed by atoms with Crippen LogP contribution < -0.4 is 0 Å². The highest BCUT2D eigenvalue weighted by atomic mass is 35.5. The number of halogens is 1. The molecule has 0 saturated carbocycles. The SMILES string of the molecule is OCc1cc(Cl)ccc1-n1cc(-c2ccccc2)nn1. The highest BCUT2D eigenvalue weighted by Crippen LogP contribution is 2.21. The summed E-state index contributed by atoms with van der Waals surface area (Å²) < 4.78 is 1.64. The second-order valence-electron chi connectivity index (χ2n) is 4.35. The monoisotopic (exact) mass is 285 g/mol. The van der Waals surface area contributed by atoms with Crippen LogP contribution in [0.25, 0.3) is 16.9 Å². The van der Waals surface area contributed by atoms with Gasteiger partial charge in [0.1, 0.15) is 5.69 Å². The summed E-state index contributed by atoms with van der Waals surface area (Å²) >= 11 is 5.93. The number of benzene rings is 2. The Morgan fingerprint density at radius 2 is 1.90 bits per heavy atom. The molecule has 0 amide bonds. The summed E-state index contributed by atoms with van der Waals surface area (Å²) in [6.45, 7) is -0.101. The van der Waals surface area contributed by atoms with E-state index in [0.29, 0.717) is 10.6 Å². The topological polar surface area (TPSA) is 50.9 Å². The van der Waals surface area contributed by atoms with E-state index in [4.69, 9.17) is 11.6 Å². The summed E-state index contributed by atoms with van der Waals surface area (Å²) in [6, 6.07) is 15.1. The standard InChI is InChI=1S/C15H12ClN3O/c16-13-6-7-15(12(8-13)10-20)19-9-14(17-18-19)11-4-2-1-3-5-11/h1-9,20H,10H2. The summed E-state index contributed by atoms with van der Waals surface area (Å²) in [5.41, 5.74) is 3.26. The Balaban J connectivity index is 2.02. The third kappa shape index (κ3) is 2.43. The highest BCUT2D eigenvalue weighted by molar-refractivity contribution is 6.30. The first-order chi connectivity index (χ1) is 9.78. The van der Waals surface area contributed by atoms with Crippen LogP contribution in [-0.4, -0.2) is 20.1 Å². The van der Waals surface area contributed by atoms with E-state index in [1.807, 2.05) is 42.6 Å². The zero-order chi connectivity index (χ0) is 13.9.